The average molecular weight is 364 g/mol. The number of anilines is 1. The molecule has 1 amide bonds. The Morgan fingerprint density at radius 3 is 2.41 bits per heavy atom. The number of nitrogens with zero attached hydrogens (tertiary/aromatic N) is 3. The fourth-order valence-electron chi connectivity index (χ4n) is 3.06. The van der Waals surface area contributed by atoms with E-state index in [1.54, 1.807) is 18.2 Å². The van der Waals surface area contributed by atoms with Crippen molar-refractivity contribution in [3.05, 3.63) is 60.2 Å². The minimum atomic E-state index is -0.0847. The monoisotopic (exact) mass is 364 g/mol. The summed E-state index contributed by atoms with van der Waals surface area (Å²) in [4.78, 5) is 16.8. The zero-order valence-electron chi connectivity index (χ0n) is 15.3. The molecule has 0 spiro atoms. The van der Waals surface area contributed by atoms with E-state index in [0.29, 0.717) is 24.4 Å². The maximum absolute atomic E-state index is 12.3. The summed E-state index contributed by atoms with van der Waals surface area (Å²) in [6.07, 6.45) is 0. The number of hydrogen-bond donors (Lipinski definition) is 1. The maximum Gasteiger partial charge on any atom is 0.238 e. The number of ether oxygens (including phenoxy) is 1. The number of nitriles is 1. The van der Waals surface area contributed by atoms with Gasteiger partial charge in [0.2, 0.25) is 5.91 Å². The van der Waals surface area contributed by atoms with E-state index in [1.165, 1.54) is 0 Å². The average Bonchev–Trinajstić information content (AvgIpc) is 2.70. The molecule has 0 bridgehead atoms. The van der Waals surface area contributed by atoms with E-state index in [9.17, 15) is 4.79 Å². The van der Waals surface area contributed by atoms with Crippen LogP contribution in [0.2, 0.25) is 0 Å². The highest BCUT2D eigenvalue weighted by Gasteiger charge is 2.19. The van der Waals surface area contributed by atoms with Crippen LogP contribution < -0.4 is 10.1 Å². The number of benzene rings is 2. The first-order valence-electron chi connectivity index (χ1n) is 9.16. The first kappa shape index (κ1) is 18.9. The van der Waals surface area contributed by atoms with Gasteiger partial charge in [0.1, 0.15) is 18.4 Å². The van der Waals surface area contributed by atoms with Crippen LogP contribution in [0.15, 0.2) is 54.6 Å². The number of nitrogens with one attached hydrogen (secondary N) is 1. The van der Waals surface area contributed by atoms with Crippen LogP contribution in [-0.2, 0) is 4.79 Å². The summed E-state index contributed by atoms with van der Waals surface area (Å²) in [7, 11) is 0. The summed E-state index contributed by atoms with van der Waals surface area (Å²) in [6.45, 7) is 5.41. The highest BCUT2D eigenvalue weighted by Crippen LogP contribution is 2.13. The standard InChI is InChI=1S/C21H24N4O2/c22-16-18-6-4-5-9-20(18)23-21(26)17-25-12-10-24(11-13-25)14-15-27-19-7-2-1-3-8-19/h1-9H,10-15,17H2,(H,23,26). The van der Waals surface area contributed by atoms with Gasteiger partial charge in [-0.15, -0.1) is 0 Å². The minimum absolute atomic E-state index is 0.0847. The third-order valence-corrected chi connectivity index (χ3v) is 4.57. The second-order valence-corrected chi connectivity index (χ2v) is 6.48. The predicted molar refractivity (Wildman–Crippen MR) is 105 cm³/mol. The van der Waals surface area contributed by atoms with Crippen molar-refractivity contribution in [2.45, 2.75) is 0 Å². The Morgan fingerprint density at radius 1 is 1.00 bits per heavy atom. The highest BCUT2D eigenvalue weighted by molar-refractivity contribution is 5.93. The normalized spacial score (nSPS) is 15.1. The summed E-state index contributed by atoms with van der Waals surface area (Å²) in [5.41, 5.74) is 1.05. The lowest BCUT2D eigenvalue weighted by Gasteiger charge is -2.34. The molecule has 0 radical (unpaired) electrons. The fraction of sp³-hybridized carbons (Fsp3) is 0.333. The van der Waals surface area contributed by atoms with Gasteiger partial charge >= 0.3 is 0 Å². The second-order valence-electron chi connectivity index (χ2n) is 6.48. The molecule has 1 saturated heterocycles. The van der Waals surface area contributed by atoms with Gasteiger partial charge in [-0.1, -0.05) is 30.3 Å². The molecule has 0 unspecified atom stereocenters. The van der Waals surface area contributed by atoms with Crippen molar-refractivity contribution in [2.24, 2.45) is 0 Å². The lowest BCUT2D eigenvalue weighted by molar-refractivity contribution is -0.117. The van der Waals surface area contributed by atoms with Gasteiger partial charge in [0, 0.05) is 32.7 Å². The predicted octanol–water partition coefficient (Wildman–Crippen LogP) is 2.19. The molecule has 1 fully saturated rings. The zero-order valence-corrected chi connectivity index (χ0v) is 15.3. The second kappa shape index (κ2) is 9.72. The van der Waals surface area contributed by atoms with Crippen molar-refractivity contribution in [2.75, 3.05) is 51.2 Å². The summed E-state index contributed by atoms with van der Waals surface area (Å²) in [6, 6.07) is 19.0. The van der Waals surface area contributed by atoms with Crippen LogP contribution in [0.25, 0.3) is 0 Å². The van der Waals surface area contributed by atoms with Crippen LogP contribution in [0.5, 0.6) is 5.75 Å². The van der Waals surface area contributed by atoms with Crippen molar-refractivity contribution < 1.29 is 9.53 Å². The lowest BCUT2D eigenvalue weighted by atomic mass is 10.2. The molecule has 0 saturated carbocycles. The SMILES string of the molecule is N#Cc1ccccc1NC(=O)CN1CCN(CCOc2ccccc2)CC1. The fourth-order valence-corrected chi connectivity index (χ4v) is 3.06. The Morgan fingerprint density at radius 2 is 1.67 bits per heavy atom. The number of piperazine rings is 1. The van der Waals surface area contributed by atoms with Gasteiger partial charge in [-0.05, 0) is 24.3 Å². The van der Waals surface area contributed by atoms with E-state index in [0.717, 1.165) is 38.5 Å². The molecule has 1 aliphatic rings. The summed E-state index contributed by atoms with van der Waals surface area (Å²) in [5.74, 6) is 0.809. The molecule has 0 atom stereocenters. The quantitative estimate of drug-likeness (QED) is 0.816. The van der Waals surface area contributed by atoms with E-state index < -0.39 is 0 Å². The van der Waals surface area contributed by atoms with Crippen molar-refractivity contribution >= 4 is 11.6 Å². The van der Waals surface area contributed by atoms with Crippen LogP contribution in [0, 0.1) is 11.3 Å². The topological polar surface area (TPSA) is 68.6 Å². The first-order valence-corrected chi connectivity index (χ1v) is 9.16. The molecular weight excluding hydrogens is 340 g/mol. The Hall–Kier alpha value is -2.88. The van der Waals surface area contributed by atoms with E-state index in [1.807, 2.05) is 36.4 Å². The van der Waals surface area contributed by atoms with E-state index in [2.05, 4.69) is 21.2 Å². The molecule has 2 aromatic carbocycles. The summed E-state index contributed by atoms with van der Waals surface area (Å²) < 4.78 is 5.74. The lowest BCUT2D eigenvalue weighted by Crippen LogP contribution is -2.49. The molecule has 1 aliphatic heterocycles. The van der Waals surface area contributed by atoms with Crippen LogP contribution in [0.4, 0.5) is 5.69 Å². The van der Waals surface area contributed by atoms with Gasteiger partial charge < -0.3 is 10.1 Å². The van der Waals surface area contributed by atoms with E-state index in [4.69, 9.17) is 10.00 Å². The van der Waals surface area contributed by atoms with Gasteiger partial charge in [-0.25, -0.2) is 0 Å². The Balaban J connectivity index is 1.36. The van der Waals surface area contributed by atoms with Crippen LogP contribution in [-0.4, -0.2) is 61.6 Å². The summed E-state index contributed by atoms with van der Waals surface area (Å²) in [5, 5.41) is 11.9. The molecule has 0 aromatic heterocycles. The van der Waals surface area contributed by atoms with Crippen molar-refractivity contribution in [3.63, 3.8) is 0 Å². The number of hydrogen-bond acceptors (Lipinski definition) is 5. The smallest absolute Gasteiger partial charge is 0.238 e. The Labute approximate surface area is 160 Å². The molecule has 1 N–H and O–H groups in total. The summed E-state index contributed by atoms with van der Waals surface area (Å²) >= 11 is 0. The number of para-hydroxylation sites is 2. The molecule has 27 heavy (non-hydrogen) atoms. The molecule has 6 heteroatoms. The highest BCUT2D eigenvalue weighted by atomic mass is 16.5. The molecule has 2 aromatic rings. The number of amides is 1. The van der Waals surface area contributed by atoms with Crippen molar-refractivity contribution in [3.8, 4) is 11.8 Å². The first-order chi connectivity index (χ1) is 13.2. The van der Waals surface area contributed by atoms with Gasteiger partial charge in [-0.2, -0.15) is 5.26 Å². The van der Waals surface area contributed by atoms with Crippen LogP contribution in [0.3, 0.4) is 0 Å². The van der Waals surface area contributed by atoms with Crippen molar-refractivity contribution in [1.29, 1.82) is 5.26 Å². The van der Waals surface area contributed by atoms with Crippen LogP contribution in [0.1, 0.15) is 5.56 Å². The minimum Gasteiger partial charge on any atom is -0.492 e. The number of rotatable bonds is 7. The Bertz CT molecular complexity index is 780. The molecule has 6 nitrogen and oxygen atoms in total. The largest absolute Gasteiger partial charge is 0.492 e. The van der Waals surface area contributed by atoms with Gasteiger partial charge in [0.05, 0.1) is 17.8 Å². The van der Waals surface area contributed by atoms with Gasteiger partial charge in [-0.3, -0.25) is 14.6 Å². The number of carbonyl (C=O) groups excluding carboxylic acids is 1. The van der Waals surface area contributed by atoms with Crippen LogP contribution >= 0.6 is 0 Å². The molecule has 3 rings (SSSR count). The van der Waals surface area contributed by atoms with E-state index >= 15 is 0 Å². The molecule has 140 valence electrons. The Kier molecular flexibility index (Phi) is 6.80. The maximum atomic E-state index is 12.3. The molecule has 0 aliphatic carbocycles. The molecule has 1 heterocycles. The van der Waals surface area contributed by atoms with Crippen molar-refractivity contribution in [1.82, 2.24) is 9.80 Å². The number of carbonyl (C=O) groups is 1. The van der Waals surface area contributed by atoms with E-state index in [-0.39, 0.29) is 5.91 Å². The molecular formula is C21H24N4O2. The third-order valence-electron chi connectivity index (χ3n) is 4.57. The zero-order chi connectivity index (χ0) is 18.9. The third kappa shape index (κ3) is 5.81. The van der Waals surface area contributed by atoms with Gasteiger partial charge in [0.25, 0.3) is 0 Å². The van der Waals surface area contributed by atoms with Gasteiger partial charge in [0.15, 0.2) is 0 Å².